The van der Waals surface area contributed by atoms with Crippen LogP contribution < -0.4 is 4.90 Å². The first-order chi connectivity index (χ1) is 11.8. The van der Waals surface area contributed by atoms with Crippen molar-refractivity contribution in [3.05, 3.63) is 29.2 Å². The highest BCUT2D eigenvalue weighted by atomic mass is 16.5. The van der Waals surface area contributed by atoms with Crippen LogP contribution in [0.4, 0.5) is 5.82 Å². The van der Waals surface area contributed by atoms with Gasteiger partial charge in [-0.2, -0.15) is 0 Å². The molecule has 24 heavy (non-hydrogen) atoms. The van der Waals surface area contributed by atoms with Gasteiger partial charge in [0.2, 0.25) is 0 Å². The average Bonchev–Trinajstić information content (AvgIpc) is 3.20. The van der Waals surface area contributed by atoms with Gasteiger partial charge >= 0.3 is 0 Å². The topological polar surface area (TPSA) is 69.0 Å². The second-order valence-electron chi connectivity index (χ2n) is 7.06. The molecule has 3 aliphatic rings. The molecule has 3 heterocycles. The lowest BCUT2D eigenvalue weighted by molar-refractivity contribution is 0.0318. The standard InChI is InChI=1S/C17H22N6O/c1-22-10-18-21-17(22)14-9-23(7-8-24-14)16-12-3-2-4-13(12)19-15(20-16)11-5-6-11/h10-11,14H,2-9H2,1H3/t14-/m0/s1. The van der Waals surface area contributed by atoms with E-state index in [1.807, 2.05) is 11.6 Å². The summed E-state index contributed by atoms with van der Waals surface area (Å²) in [4.78, 5) is 12.2. The van der Waals surface area contributed by atoms with Crippen LogP contribution in [0.1, 0.15) is 54.2 Å². The fourth-order valence-corrected chi connectivity index (χ4v) is 3.80. The lowest BCUT2D eigenvalue weighted by atomic mass is 10.2. The van der Waals surface area contributed by atoms with Crippen molar-refractivity contribution in [1.29, 1.82) is 0 Å². The zero-order valence-corrected chi connectivity index (χ0v) is 14.0. The number of aryl methyl sites for hydroxylation is 2. The van der Waals surface area contributed by atoms with Crippen molar-refractivity contribution in [2.45, 2.75) is 44.1 Å². The predicted octanol–water partition coefficient (Wildman–Crippen LogP) is 1.55. The Labute approximate surface area is 141 Å². The Morgan fingerprint density at radius 1 is 1.21 bits per heavy atom. The van der Waals surface area contributed by atoms with Gasteiger partial charge in [0.25, 0.3) is 0 Å². The molecule has 1 saturated heterocycles. The highest BCUT2D eigenvalue weighted by molar-refractivity contribution is 5.52. The zero-order valence-electron chi connectivity index (χ0n) is 14.0. The number of aromatic nitrogens is 5. The van der Waals surface area contributed by atoms with Crippen molar-refractivity contribution in [2.24, 2.45) is 7.05 Å². The van der Waals surface area contributed by atoms with E-state index in [1.165, 1.54) is 30.5 Å². The van der Waals surface area contributed by atoms with Crippen molar-refractivity contribution >= 4 is 5.82 Å². The molecule has 0 amide bonds. The largest absolute Gasteiger partial charge is 0.366 e. The first-order valence-electron chi connectivity index (χ1n) is 8.89. The molecule has 2 fully saturated rings. The molecule has 1 atom stereocenters. The number of morpholine rings is 1. The summed E-state index contributed by atoms with van der Waals surface area (Å²) in [6.07, 6.45) is 7.55. The van der Waals surface area contributed by atoms with Crippen molar-refractivity contribution in [1.82, 2.24) is 24.7 Å². The Kier molecular flexibility index (Phi) is 3.29. The summed E-state index contributed by atoms with van der Waals surface area (Å²) in [6.45, 7) is 2.34. The first-order valence-corrected chi connectivity index (χ1v) is 8.89. The Balaban J connectivity index is 1.48. The Bertz CT molecular complexity index is 768. The molecule has 0 N–H and O–H groups in total. The summed E-state index contributed by atoms with van der Waals surface area (Å²) < 4.78 is 7.89. The van der Waals surface area contributed by atoms with E-state index in [1.54, 1.807) is 6.33 Å². The molecule has 126 valence electrons. The van der Waals surface area contributed by atoms with E-state index < -0.39 is 0 Å². The number of hydrogen-bond donors (Lipinski definition) is 0. The lowest BCUT2D eigenvalue weighted by Gasteiger charge is -2.34. The average molecular weight is 326 g/mol. The predicted molar refractivity (Wildman–Crippen MR) is 87.9 cm³/mol. The zero-order chi connectivity index (χ0) is 16.1. The van der Waals surface area contributed by atoms with E-state index in [2.05, 4.69) is 15.1 Å². The molecular formula is C17H22N6O. The molecule has 1 saturated carbocycles. The smallest absolute Gasteiger partial charge is 0.163 e. The highest BCUT2D eigenvalue weighted by Gasteiger charge is 2.33. The van der Waals surface area contributed by atoms with Crippen LogP contribution in [0.3, 0.4) is 0 Å². The van der Waals surface area contributed by atoms with Crippen LogP contribution in [0.2, 0.25) is 0 Å². The van der Waals surface area contributed by atoms with Gasteiger partial charge in [0, 0.05) is 30.8 Å². The van der Waals surface area contributed by atoms with Gasteiger partial charge in [-0.15, -0.1) is 10.2 Å². The van der Waals surface area contributed by atoms with Crippen LogP contribution in [0.5, 0.6) is 0 Å². The van der Waals surface area contributed by atoms with Gasteiger partial charge in [-0.05, 0) is 32.1 Å². The van der Waals surface area contributed by atoms with Crippen molar-refractivity contribution in [2.75, 3.05) is 24.6 Å². The number of rotatable bonds is 3. The molecule has 2 aliphatic carbocycles. The molecular weight excluding hydrogens is 304 g/mol. The summed E-state index contributed by atoms with van der Waals surface area (Å²) >= 11 is 0. The molecule has 5 rings (SSSR count). The van der Waals surface area contributed by atoms with Crippen LogP contribution in [-0.4, -0.2) is 44.4 Å². The summed E-state index contributed by atoms with van der Waals surface area (Å²) in [5.74, 6) is 3.68. The molecule has 2 aromatic rings. The number of anilines is 1. The van der Waals surface area contributed by atoms with Gasteiger partial charge < -0.3 is 14.2 Å². The maximum Gasteiger partial charge on any atom is 0.163 e. The minimum Gasteiger partial charge on any atom is -0.366 e. The third-order valence-electron chi connectivity index (χ3n) is 5.27. The van der Waals surface area contributed by atoms with E-state index in [9.17, 15) is 0 Å². The van der Waals surface area contributed by atoms with Gasteiger partial charge in [0.15, 0.2) is 5.82 Å². The van der Waals surface area contributed by atoms with Crippen LogP contribution in [0, 0.1) is 0 Å². The van der Waals surface area contributed by atoms with E-state index >= 15 is 0 Å². The maximum atomic E-state index is 5.96. The monoisotopic (exact) mass is 326 g/mol. The summed E-state index contributed by atoms with van der Waals surface area (Å²) in [5.41, 5.74) is 2.64. The summed E-state index contributed by atoms with van der Waals surface area (Å²) in [7, 11) is 1.96. The highest BCUT2D eigenvalue weighted by Crippen LogP contribution is 2.41. The fraction of sp³-hybridized carbons (Fsp3) is 0.647. The molecule has 7 nitrogen and oxygen atoms in total. The minimum absolute atomic E-state index is 0.0531. The first kappa shape index (κ1) is 14.3. The van der Waals surface area contributed by atoms with E-state index in [4.69, 9.17) is 14.7 Å². The van der Waals surface area contributed by atoms with Crippen molar-refractivity contribution in [3.63, 3.8) is 0 Å². The third-order valence-corrected chi connectivity index (χ3v) is 5.27. The second-order valence-corrected chi connectivity index (χ2v) is 7.06. The molecule has 0 unspecified atom stereocenters. The van der Waals surface area contributed by atoms with Crippen LogP contribution in [-0.2, 0) is 24.6 Å². The molecule has 7 heteroatoms. The SMILES string of the molecule is Cn1cnnc1[C@@H]1CN(c2nc(C3CC3)nc3c2CCC3)CCO1. The lowest BCUT2D eigenvalue weighted by Crippen LogP contribution is -2.40. The maximum absolute atomic E-state index is 5.96. The van der Waals surface area contributed by atoms with E-state index in [-0.39, 0.29) is 6.10 Å². The molecule has 1 aliphatic heterocycles. The third kappa shape index (κ3) is 2.38. The Morgan fingerprint density at radius 2 is 2.12 bits per heavy atom. The van der Waals surface area contributed by atoms with Crippen molar-refractivity contribution in [3.8, 4) is 0 Å². The Morgan fingerprint density at radius 3 is 2.92 bits per heavy atom. The number of nitrogens with zero attached hydrogens (tertiary/aromatic N) is 6. The Hall–Kier alpha value is -2.02. The van der Waals surface area contributed by atoms with E-state index in [0.29, 0.717) is 12.5 Å². The van der Waals surface area contributed by atoms with Gasteiger partial charge in [-0.3, -0.25) is 0 Å². The summed E-state index contributed by atoms with van der Waals surface area (Å²) in [5, 5.41) is 8.21. The van der Waals surface area contributed by atoms with Gasteiger partial charge in [0.1, 0.15) is 24.1 Å². The number of fused-ring (bicyclic) bond motifs is 1. The normalized spacial score (nSPS) is 23.5. The van der Waals surface area contributed by atoms with Gasteiger partial charge in [-0.25, -0.2) is 9.97 Å². The molecule has 0 radical (unpaired) electrons. The molecule has 0 spiro atoms. The van der Waals surface area contributed by atoms with Gasteiger partial charge in [0.05, 0.1) is 13.2 Å². The quantitative estimate of drug-likeness (QED) is 0.852. The number of ether oxygens (including phenoxy) is 1. The molecule has 0 aromatic carbocycles. The number of hydrogen-bond acceptors (Lipinski definition) is 6. The van der Waals surface area contributed by atoms with Crippen molar-refractivity contribution < 1.29 is 4.74 Å². The summed E-state index contributed by atoms with van der Waals surface area (Å²) in [6, 6.07) is 0. The van der Waals surface area contributed by atoms with Gasteiger partial charge in [-0.1, -0.05) is 0 Å². The minimum atomic E-state index is -0.0531. The molecule has 0 bridgehead atoms. The van der Waals surface area contributed by atoms with Crippen LogP contribution >= 0.6 is 0 Å². The molecule has 2 aromatic heterocycles. The fourth-order valence-electron chi connectivity index (χ4n) is 3.80. The second kappa shape index (κ2) is 5.51. The van der Waals surface area contributed by atoms with Crippen LogP contribution in [0.15, 0.2) is 6.33 Å². The van der Waals surface area contributed by atoms with Crippen LogP contribution in [0.25, 0.3) is 0 Å². The van der Waals surface area contributed by atoms with E-state index in [0.717, 1.165) is 43.4 Å².